The summed E-state index contributed by atoms with van der Waals surface area (Å²) in [5, 5.41) is 11.4. The number of halogens is 3. The van der Waals surface area contributed by atoms with Crippen molar-refractivity contribution < 1.29 is 18.0 Å². The molecule has 12 heteroatoms. The van der Waals surface area contributed by atoms with Gasteiger partial charge in [-0.2, -0.15) is 18.3 Å². The van der Waals surface area contributed by atoms with Crippen molar-refractivity contribution in [2.75, 3.05) is 18.4 Å². The highest BCUT2D eigenvalue weighted by atomic mass is 19.4. The molecule has 4 rings (SSSR count). The number of nitrogens with two attached hydrogens (primary N) is 1. The number of H-pyrrole nitrogens is 1. The Bertz CT molecular complexity index is 1290. The Kier molecular flexibility index (Phi) is 6.01. The third kappa shape index (κ3) is 4.37. The zero-order chi connectivity index (χ0) is 23.6. The fraction of sp³-hybridized carbons (Fsp3) is 0.238. The minimum Gasteiger partial charge on any atom is -0.351 e. The van der Waals surface area contributed by atoms with Gasteiger partial charge < -0.3 is 16.4 Å². The van der Waals surface area contributed by atoms with E-state index >= 15 is 0 Å². The number of rotatable bonds is 7. The van der Waals surface area contributed by atoms with Crippen molar-refractivity contribution in [2.24, 2.45) is 5.73 Å². The number of nitrogens with zero attached hydrogens (tertiary/aromatic N) is 4. The molecule has 0 atom stereocenters. The van der Waals surface area contributed by atoms with Gasteiger partial charge in [0.25, 0.3) is 5.91 Å². The first-order chi connectivity index (χ1) is 15.8. The normalized spacial score (nSPS) is 11.7. The molecule has 1 aromatic carbocycles. The highest BCUT2D eigenvalue weighted by Crippen LogP contribution is 2.36. The monoisotopic (exact) mass is 458 g/mol. The van der Waals surface area contributed by atoms with E-state index in [4.69, 9.17) is 5.73 Å². The molecule has 33 heavy (non-hydrogen) atoms. The lowest BCUT2D eigenvalue weighted by Gasteiger charge is -2.12. The molecule has 4 aromatic rings. The van der Waals surface area contributed by atoms with Crippen LogP contribution in [0, 0.1) is 0 Å². The molecule has 0 radical (unpaired) electrons. The van der Waals surface area contributed by atoms with Crippen LogP contribution in [0.3, 0.4) is 0 Å². The molecule has 0 bridgehead atoms. The van der Waals surface area contributed by atoms with E-state index in [-0.39, 0.29) is 17.2 Å². The van der Waals surface area contributed by atoms with Crippen LogP contribution in [-0.4, -0.2) is 43.6 Å². The number of aryl methyl sites for hydroxylation is 1. The molecule has 0 fully saturated rings. The van der Waals surface area contributed by atoms with Gasteiger partial charge in [-0.15, -0.1) is 0 Å². The molecule has 3 heterocycles. The Morgan fingerprint density at radius 1 is 1.24 bits per heavy atom. The van der Waals surface area contributed by atoms with E-state index < -0.39 is 11.9 Å². The first kappa shape index (κ1) is 22.3. The predicted octanol–water partition coefficient (Wildman–Crippen LogP) is 3.13. The molecule has 0 saturated heterocycles. The molecule has 172 valence electrons. The molecule has 0 aliphatic carbocycles. The average molecular weight is 458 g/mol. The van der Waals surface area contributed by atoms with Crippen LogP contribution < -0.4 is 16.4 Å². The Hall–Kier alpha value is -3.93. The van der Waals surface area contributed by atoms with E-state index in [9.17, 15) is 18.0 Å². The van der Waals surface area contributed by atoms with Gasteiger partial charge in [-0.05, 0) is 30.2 Å². The van der Waals surface area contributed by atoms with Gasteiger partial charge >= 0.3 is 6.18 Å². The molecule has 0 aliphatic heterocycles. The highest BCUT2D eigenvalue weighted by molar-refractivity contribution is 5.96. The van der Waals surface area contributed by atoms with Gasteiger partial charge in [-0.25, -0.2) is 9.97 Å². The first-order valence-corrected chi connectivity index (χ1v) is 10.1. The molecule has 0 saturated carbocycles. The van der Waals surface area contributed by atoms with Crippen molar-refractivity contribution in [1.82, 2.24) is 29.9 Å². The van der Waals surface area contributed by atoms with Crippen molar-refractivity contribution in [3.05, 3.63) is 59.8 Å². The second-order valence-corrected chi connectivity index (χ2v) is 7.16. The van der Waals surface area contributed by atoms with E-state index in [1.54, 1.807) is 12.1 Å². The van der Waals surface area contributed by atoms with Crippen LogP contribution in [0.2, 0.25) is 0 Å². The van der Waals surface area contributed by atoms with Gasteiger partial charge in [0, 0.05) is 36.7 Å². The van der Waals surface area contributed by atoms with Gasteiger partial charge in [0.2, 0.25) is 0 Å². The number of anilines is 2. The maximum Gasteiger partial charge on any atom is 0.433 e. The Morgan fingerprint density at radius 3 is 2.79 bits per heavy atom. The van der Waals surface area contributed by atoms with Gasteiger partial charge in [0.15, 0.2) is 11.5 Å². The lowest BCUT2D eigenvalue weighted by Crippen LogP contribution is -2.29. The summed E-state index contributed by atoms with van der Waals surface area (Å²) in [4.78, 5) is 20.9. The van der Waals surface area contributed by atoms with Crippen LogP contribution in [-0.2, 0) is 12.6 Å². The molecule has 0 spiro atoms. The smallest absolute Gasteiger partial charge is 0.351 e. The van der Waals surface area contributed by atoms with Crippen LogP contribution in [0.4, 0.5) is 24.7 Å². The number of alkyl halides is 3. The third-order valence-corrected chi connectivity index (χ3v) is 5.05. The zero-order valence-corrected chi connectivity index (χ0v) is 17.6. The van der Waals surface area contributed by atoms with Gasteiger partial charge in [-0.3, -0.25) is 14.3 Å². The minimum atomic E-state index is -4.58. The third-order valence-electron chi connectivity index (χ3n) is 5.05. The zero-order valence-electron chi connectivity index (χ0n) is 17.6. The number of nitrogens with one attached hydrogen (secondary N) is 3. The SMILES string of the molecule is CCc1cc(Nc2nccn3c(-c4cn[nH]c4C(F)(F)F)cnc23)ccc1C(=O)NCCN. The number of amides is 1. The molecule has 3 aromatic heterocycles. The summed E-state index contributed by atoms with van der Waals surface area (Å²) in [6.45, 7) is 2.66. The topological polar surface area (TPSA) is 126 Å². The van der Waals surface area contributed by atoms with E-state index in [2.05, 4.69) is 25.7 Å². The summed E-state index contributed by atoms with van der Waals surface area (Å²) >= 11 is 0. The minimum absolute atomic E-state index is 0.117. The summed E-state index contributed by atoms with van der Waals surface area (Å²) in [6.07, 6.45) is 1.47. The number of hydrogen-bond donors (Lipinski definition) is 4. The molecular formula is C21H21F3N8O. The van der Waals surface area contributed by atoms with Crippen LogP contribution in [0.25, 0.3) is 16.9 Å². The number of hydrogen-bond acceptors (Lipinski definition) is 6. The molecule has 0 unspecified atom stereocenters. The van der Waals surface area contributed by atoms with Crippen molar-refractivity contribution in [1.29, 1.82) is 0 Å². The summed E-state index contributed by atoms with van der Waals surface area (Å²) in [5.74, 6) is 0.144. The Labute approximate surface area is 186 Å². The lowest BCUT2D eigenvalue weighted by atomic mass is 10.0. The summed E-state index contributed by atoms with van der Waals surface area (Å²) in [7, 11) is 0. The van der Waals surface area contributed by atoms with Crippen molar-refractivity contribution in [2.45, 2.75) is 19.5 Å². The van der Waals surface area contributed by atoms with E-state index in [1.807, 2.05) is 18.1 Å². The average Bonchev–Trinajstić information content (AvgIpc) is 3.44. The number of benzene rings is 1. The van der Waals surface area contributed by atoms with Gasteiger partial charge in [0.05, 0.1) is 23.7 Å². The standard InChI is InChI=1S/C21H21F3N8O/c1-2-12-9-13(3-4-14(12)20(33)27-6-5-25)30-18-19-28-11-16(32(19)8-7-26-18)15-10-29-31-17(15)21(22,23)24/h3-4,7-11H,2,5-6,25H2,1H3,(H,26,30)(H,27,33)(H,29,31). The maximum atomic E-state index is 13.3. The number of aromatic amines is 1. The summed E-state index contributed by atoms with van der Waals surface area (Å²) in [5.41, 5.74) is 6.95. The largest absolute Gasteiger partial charge is 0.433 e. The van der Waals surface area contributed by atoms with Crippen molar-refractivity contribution >= 4 is 23.1 Å². The van der Waals surface area contributed by atoms with Gasteiger partial charge in [0.1, 0.15) is 5.69 Å². The number of imidazole rings is 1. The highest BCUT2D eigenvalue weighted by Gasteiger charge is 2.36. The number of carbonyl (C=O) groups excluding carboxylic acids is 1. The quantitative estimate of drug-likeness (QED) is 0.337. The van der Waals surface area contributed by atoms with Crippen LogP contribution in [0.15, 0.2) is 43.0 Å². The molecule has 9 nitrogen and oxygen atoms in total. The van der Waals surface area contributed by atoms with Crippen molar-refractivity contribution in [3.63, 3.8) is 0 Å². The Balaban J connectivity index is 1.67. The maximum absolute atomic E-state index is 13.3. The van der Waals surface area contributed by atoms with E-state index in [0.29, 0.717) is 42.2 Å². The molecule has 5 N–H and O–H groups in total. The van der Waals surface area contributed by atoms with E-state index in [1.165, 1.54) is 23.0 Å². The van der Waals surface area contributed by atoms with Crippen LogP contribution >= 0.6 is 0 Å². The summed E-state index contributed by atoms with van der Waals surface area (Å²) < 4.78 is 41.4. The Morgan fingerprint density at radius 2 is 2.06 bits per heavy atom. The second kappa shape index (κ2) is 8.90. The lowest BCUT2D eigenvalue weighted by molar-refractivity contribution is -0.140. The van der Waals surface area contributed by atoms with Crippen molar-refractivity contribution in [3.8, 4) is 11.3 Å². The fourth-order valence-electron chi connectivity index (χ4n) is 3.51. The number of carbonyl (C=O) groups is 1. The summed E-state index contributed by atoms with van der Waals surface area (Å²) in [6, 6.07) is 5.25. The fourth-order valence-corrected chi connectivity index (χ4v) is 3.51. The second-order valence-electron chi connectivity index (χ2n) is 7.16. The number of fused-ring (bicyclic) bond motifs is 1. The number of aromatic nitrogens is 5. The van der Waals surface area contributed by atoms with Crippen LogP contribution in [0.5, 0.6) is 0 Å². The molecular weight excluding hydrogens is 437 g/mol. The first-order valence-electron chi connectivity index (χ1n) is 10.1. The van der Waals surface area contributed by atoms with Gasteiger partial charge in [-0.1, -0.05) is 6.92 Å². The predicted molar refractivity (Wildman–Crippen MR) is 116 cm³/mol. The van der Waals surface area contributed by atoms with Crippen LogP contribution in [0.1, 0.15) is 28.5 Å². The molecule has 0 aliphatic rings. The van der Waals surface area contributed by atoms with E-state index in [0.717, 1.165) is 11.8 Å². The molecule has 1 amide bonds.